The summed E-state index contributed by atoms with van der Waals surface area (Å²) in [5.41, 5.74) is 4.51. The molecule has 1 N–H and O–H groups in total. The summed E-state index contributed by atoms with van der Waals surface area (Å²) in [6.45, 7) is 12.5. The van der Waals surface area contributed by atoms with Gasteiger partial charge in [-0.2, -0.15) is 0 Å². The van der Waals surface area contributed by atoms with Crippen LogP contribution in [0, 0.1) is 31.1 Å². The van der Waals surface area contributed by atoms with Crippen LogP contribution in [0.4, 0.5) is 5.69 Å². The van der Waals surface area contributed by atoms with E-state index in [0.29, 0.717) is 5.76 Å². The van der Waals surface area contributed by atoms with Gasteiger partial charge in [-0.3, -0.25) is 9.59 Å². The number of hydrogen-bond acceptors (Lipinski definition) is 3. The number of hydrogen-bond donors (Lipinski definition) is 1. The van der Waals surface area contributed by atoms with Gasteiger partial charge in [-0.15, -0.1) is 0 Å². The Balaban J connectivity index is 1.76. The first-order valence-electron chi connectivity index (χ1n) is 12.5. The highest BCUT2D eigenvalue weighted by atomic mass is 16.3. The molecule has 2 amide bonds. The molecular weight excluding hydrogens is 448 g/mol. The first-order valence-corrected chi connectivity index (χ1v) is 12.5. The molecule has 0 unspecified atom stereocenters. The highest BCUT2D eigenvalue weighted by molar-refractivity contribution is 5.99. The second-order valence-electron chi connectivity index (χ2n) is 10.7. The molecule has 188 valence electrons. The van der Waals surface area contributed by atoms with Gasteiger partial charge in [-0.05, 0) is 67.9 Å². The van der Waals surface area contributed by atoms with Gasteiger partial charge in [0.25, 0.3) is 5.91 Å². The Bertz CT molecular complexity index is 1230. The molecule has 0 spiro atoms. The third kappa shape index (κ3) is 5.15. The molecule has 36 heavy (non-hydrogen) atoms. The maximum absolute atomic E-state index is 14.2. The van der Waals surface area contributed by atoms with Crippen LogP contribution in [-0.2, 0) is 16.1 Å². The van der Waals surface area contributed by atoms with Crippen LogP contribution in [0.3, 0.4) is 0 Å². The fraction of sp³-hybridized carbons (Fsp3) is 0.355. The summed E-state index contributed by atoms with van der Waals surface area (Å²) in [5.74, 6) is 0.287. The number of anilines is 1. The number of furan rings is 1. The van der Waals surface area contributed by atoms with E-state index in [2.05, 4.69) is 39.1 Å². The highest BCUT2D eigenvalue weighted by Crippen LogP contribution is 2.60. The molecule has 5 heteroatoms. The van der Waals surface area contributed by atoms with Gasteiger partial charge in [-0.25, -0.2) is 0 Å². The number of carbonyl (C=O) groups excluding carboxylic acids is 2. The van der Waals surface area contributed by atoms with Crippen LogP contribution in [0.25, 0.3) is 0 Å². The number of nitrogens with zero attached hydrogens (tertiary/aromatic N) is 1. The Kier molecular flexibility index (Phi) is 7.21. The minimum absolute atomic E-state index is 0.0376. The van der Waals surface area contributed by atoms with Crippen molar-refractivity contribution in [1.82, 2.24) is 4.90 Å². The smallest absolute Gasteiger partial charge is 0.251 e. The highest BCUT2D eigenvalue weighted by Gasteiger charge is 2.62. The average Bonchev–Trinajstić information content (AvgIpc) is 3.14. The molecule has 1 aliphatic rings. The maximum atomic E-state index is 14.2. The van der Waals surface area contributed by atoms with Crippen molar-refractivity contribution in [1.29, 1.82) is 0 Å². The Labute approximate surface area is 214 Å². The molecule has 1 heterocycles. The van der Waals surface area contributed by atoms with Gasteiger partial charge in [0.15, 0.2) is 0 Å². The standard InChI is InChI=1S/C31H36N2O3/c1-20(2)18-25-26(31(25,5)6)30(35)33(19-24-16-11-17-36-24)28(23-14-8-7-9-15-23)29(34)32-27-21(3)12-10-13-22(27)4/h7-18,25-26,28H,19H2,1-6H3,(H,32,34)/t25-,26+,28-/m0/s1. The lowest BCUT2D eigenvalue weighted by molar-refractivity contribution is -0.142. The van der Waals surface area contributed by atoms with Gasteiger partial charge in [0.05, 0.1) is 18.7 Å². The Morgan fingerprint density at radius 2 is 1.67 bits per heavy atom. The Morgan fingerprint density at radius 1 is 1.00 bits per heavy atom. The molecule has 2 aromatic carbocycles. The van der Waals surface area contributed by atoms with E-state index in [1.54, 1.807) is 17.2 Å². The van der Waals surface area contributed by atoms with Crippen LogP contribution in [0.2, 0.25) is 0 Å². The summed E-state index contributed by atoms with van der Waals surface area (Å²) in [7, 11) is 0. The molecule has 3 aromatic rings. The molecule has 0 radical (unpaired) electrons. The summed E-state index contributed by atoms with van der Waals surface area (Å²) in [6, 6.07) is 18.3. The molecule has 1 fully saturated rings. The minimum atomic E-state index is -0.813. The van der Waals surface area contributed by atoms with Crippen molar-refractivity contribution < 1.29 is 14.0 Å². The molecule has 3 atom stereocenters. The van der Waals surface area contributed by atoms with E-state index in [-0.39, 0.29) is 35.6 Å². The van der Waals surface area contributed by atoms with E-state index in [4.69, 9.17) is 4.42 Å². The van der Waals surface area contributed by atoms with E-state index in [9.17, 15) is 9.59 Å². The summed E-state index contributed by atoms with van der Waals surface area (Å²) >= 11 is 0. The van der Waals surface area contributed by atoms with Crippen LogP contribution in [-0.4, -0.2) is 16.7 Å². The second-order valence-corrected chi connectivity index (χ2v) is 10.7. The van der Waals surface area contributed by atoms with E-state index in [1.165, 1.54) is 5.57 Å². The van der Waals surface area contributed by atoms with E-state index in [1.807, 2.05) is 68.4 Å². The largest absolute Gasteiger partial charge is 0.467 e. The van der Waals surface area contributed by atoms with E-state index in [0.717, 1.165) is 22.4 Å². The quantitative estimate of drug-likeness (QED) is 0.356. The minimum Gasteiger partial charge on any atom is -0.467 e. The van der Waals surface area contributed by atoms with Crippen molar-refractivity contribution in [3.05, 3.63) is 101 Å². The molecule has 0 saturated heterocycles. The SMILES string of the molecule is CC(C)=C[C@H]1[C@H](C(=O)N(Cc2ccco2)[C@H](C(=O)Nc2c(C)cccc2C)c2ccccc2)C1(C)C. The second kappa shape index (κ2) is 10.2. The predicted molar refractivity (Wildman–Crippen MR) is 143 cm³/mol. The zero-order valence-corrected chi connectivity index (χ0v) is 22.0. The van der Waals surface area contributed by atoms with Crippen molar-refractivity contribution in [3.63, 3.8) is 0 Å². The number of amides is 2. The number of carbonyl (C=O) groups is 2. The third-order valence-corrected chi connectivity index (χ3v) is 7.28. The van der Waals surface area contributed by atoms with Gasteiger partial charge >= 0.3 is 0 Å². The summed E-state index contributed by atoms with van der Waals surface area (Å²) < 4.78 is 5.64. The van der Waals surface area contributed by atoms with Gasteiger partial charge in [0.1, 0.15) is 11.8 Å². The third-order valence-electron chi connectivity index (χ3n) is 7.28. The van der Waals surface area contributed by atoms with Crippen LogP contribution in [0.15, 0.2) is 83.0 Å². The van der Waals surface area contributed by atoms with Crippen molar-refractivity contribution >= 4 is 17.5 Å². The summed E-state index contributed by atoms with van der Waals surface area (Å²) in [4.78, 5) is 29.9. The molecular formula is C31H36N2O3. The topological polar surface area (TPSA) is 62.6 Å². The lowest BCUT2D eigenvalue weighted by Gasteiger charge is -2.32. The van der Waals surface area contributed by atoms with Crippen LogP contribution in [0.5, 0.6) is 0 Å². The number of allylic oxidation sites excluding steroid dienone is 2. The first-order chi connectivity index (χ1) is 17.1. The number of nitrogens with one attached hydrogen (secondary N) is 1. The zero-order valence-electron chi connectivity index (χ0n) is 22.0. The average molecular weight is 485 g/mol. The number of rotatable bonds is 8. The van der Waals surface area contributed by atoms with Crippen LogP contribution in [0.1, 0.15) is 56.2 Å². The lowest BCUT2D eigenvalue weighted by Crippen LogP contribution is -2.42. The fourth-order valence-corrected chi connectivity index (χ4v) is 5.18. The van der Waals surface area contributed by atoms with E-state index < -0.39 is 6.04 Å². The van der Waals surface area contributed by atoms with Crippen molar-refractivity contribution in [3.8, 4) is 0 Å². The molecule has 1 saturated carbocycles. The van der Waals surface area contributed by atoms with Crippen LogP contribution < -0.4 is 5.32 Å². The fourth-order valence-electron chi connectivity index (χ4n) is 5.18. The number of para-hydroxylation sites is 1. The maximum Gasteiger partial charge on any atom is 0.251 e. The number of aryl methyl sites for hydroxylation is 2. The van der Waals surface area contributed by atoms with Gasteiger partial charge in [0.2, 0.25) is 5.91 Å². The normalized spacial score (nSPS) is 18.7. The van der Waals surface area contributed by atoms with E-state index >= 15 is 0 Å². The first kappa shape index (κ1) is 25.5. The van der Waals surface area contributed by atoms with Crippen molar-refractivity contribution in [2.45, 2.75) is 54.1 Å². The molecule has 1 aliphatic carbocycles. The Morgan fingerprint density at radius 3 is 2.25 bits per heavy atom. The zero-order chi connectivity index (χ0) is 26.0. The Hall–Kier alpha value is -3.60. The number of benzene rings is 2. The molecule has 0 aliphatic heterocycles. The molecule has 4 rings (SSSR count). The van der Waals surface area contributed by atoms with Crippen molar-refractivity contribution in [2.24, 2.45) is 17.3 Å². The van der Waals surface area contributed by atoms with Crippen LogP contribution >= 0.6 is 0 Å². The lowest BCUT2D eigenvalue weighted by atomic mass is 10.0. The molecule has 0 bridgehead atoms. The summed E-state index contributed by atoms with van der Waals surface area (Å²) in [5, 5.41) is 3.14. The van der Waals surface area contributed by atoms with Gasteiger partial charge < -0.3 is 14.6 Å². The molecule has 5 nitrogen and oxygen atoms in total. The summed E-state index contributed by atoms with van der Waals surface area (Å²) in [6.07, 6.45) is 3.78. The van der Waals surface area contributed by atoms with Gasteiger partial charge in [-0.1, -0.05) is 74.0 Å². The van der Waals surface area contributed by atoms with Crippen molar-refractivity contribution in [2.75, 3.05) is 5.32 Å². The molecule has 1 aromatic heterocycles. The van der Waals surface area contributed by atoms with Gasteiger partial charge in [0, 0.05) is 5.69 Å². The predicted octanol–water partition coefficient (Wildman–Crippen LogP) is 6.84. The monoisotopic (exact) mass is 484 g/mol.